The lowest BCUT2D eigenvalue weighted by Gasteiger charge is -2.13. The molecule has 9 heteroatoms. The maximum absolute atomic E-state index is 12.4. The van der Waals surface area contributed by atoms with Gasteiger partial charge in [0.1, 0.15) is 10.8 Å². The Hall–Kier alpha value is -2.39. The number of benzene rings is 1. The van der Waals surface area contributed by atoms with Crippen molar-refractivity contribution < 1.29 is 27.5 Å². The van der Waals surface area contributed by atoms with E-state index in [2.05, 4.69) is 5.32 Å². The van der Waals surface area contributed by atoms with Crippen LogP contribution in [0, 0.1) is 13.8 Å². The third kappa shape index (κ3) is 4.97. The second kappa shape index (κ2) is 8.54. The van der Waals surface area contributed by atoms with Crippen LogP contribution in [0.2, 0.25) is 0 Å². The van der Waals surface area contributed by atoms with Crippen molar-refractivity contribution in [3.8, 4) is 5.75 Å². The van der Waals surface area contributed by atoms with Crippen molar-refractivity contribution in [2.75, 3.05) is 24.3 Å². The number of hydrogen-bond donors (Lipinski definition) is 1. The first kappa shape index (κ1) is 21.3. The zero-order valence-electron chi connectivity index (χ0n) is 16.5. The highest BCUT2D eigenvalue weighted by molar-refractivity contribution is 7.90. The summed E-state index contributed by atoms with van der Waals surface area (Å²) in [5, 5.41) is 2.99. The van der Waals surface area contributed by atoms with E-state index in [-0.39, 0.29) is 36.7 Å². The zero-order chi connectivity index (χ0) is 21.2. The molecule has 3 rings (SSSR count). The number of thiophene rings is 1. The molecule has 156 valence electrons. The molecule has 2 aromatic rings. The summed E-state index contributed by atoms with van der Waals surface area (Å²) in [5.74, 6) is -0.573. The summed E-state index contributed by atoms with van der Waals surface area (Å²) >= 11 is 1.11. The molecule has 0 unspecified atom stereocenters. The van der Waals surface area contributed by atoms with E-state index in [1.807, 2.05) is 26.0 Å². The van der Waals surface area contributed by atoms with Crippen molar-refractivity contribution in [2.24, 2.45) is 0 Å². The van der Waals surface area contributed by atoms with Gasteiger partial charge in [-0.1, -0.05) is 6.07 Å². The lowest BCUT2D eigenvalue weighted by molar-refractivity contribution is -0.118. The molecule has 1 amide bonds. The number of anilines is 1. The Morgan fingerprint density at radius 3 is 2.66 bits per heavy atom. The van der Waals surface area contributed by atoms with E-state index >= 15 is 0 Å². The minimum atomic E-state index is -3.20. The van der Waals surface area contributed by atoms with Gasteiger partial charge in [-0.25, -0.2) is 13.2 Å². The van der Waals surface area contributed by atoms with Crippen molar-refractivity contribution in [2.45, 2.75) is 32.9 Å². The monoisotopic (exact) mass is 437 g/mol. The average Bonchev–Trinajstić information content (AvgIpc) is 2.98. The number of aryl methyl sites for hydroxylation is 2. The lowest BCUT2D eigenvalue weighted by Crippen LogP contribution is -2.22. The van der Waals surface area contributed by atoms with Gasteiger partial charge in [0.15, 0.2) is 16.4 Å². The Morgan fingerprint density at radius 2 is 1.97 bits per heavy atom. The number of sulfone groups is 1. The molecule has 7 nitrogen and oxygen atoms in total. The normalized spacial score (nSPS) is 14.7. The molecular weight excluding hydrogens is 414 g/mol. The van der Waals surface area contributed by atoms with E-state index in [0.717, 1.165) is 22.5 Å². The molecule has 0 bridgehead atoms. The minimum Gasteiger partial charge on any atom is -0.484 e. The number of hydrogen-bond acceptors (Lipinski definition) is 7. The molecule has 0 spiro atoms. The summed E-state index contributed by atoms with van der Waals surface area (Å²) in [4.78, 5) is 25.4. The van der Waals surface area contributed by atoms with Crippen molar-refractivity contribution in [3.05, 3.63) is 45.3 Å². The van der Waals surface area contributed by atoms with E-state index in [9.17, 15) is 18.0 Å². The average molecular weight is 438 g/mol. The van der Waals surface area contributed by atoms with Crippen LogP contribution < -0.4 is 10.1 Å². The van der Waals surface area contributed by atoms with Crippen molar-refractivity contribution in [1.29, 1.82) is 0 Å². The molecule has 2 heterocycles. The molecule has 0 aliphatic carbocycles. The molecule has 0 saturated heterocycles. The molecule has 1 aliphatic rings. The number of ether oxygens (including phenoxy) is 2. The van der Waals surface area contributed by atoms with Crippen LogP contribution in [0.5, 0.6) is 5.75 Å². The molecule has 1 aliphatic heterocycles. The predicted molar refractivity (Wildman–Crippen MR) is 112 cm³/mol. The van der Waals surface area contributed by atoms with Crippen molar-refractivity contribution in [1.82, 2.24) is 0 Å². The Kier molecular flexibility index (Phi) is 6.28. The fourth-order valence-electron chi connectivity index (χ4n) is 3.05. The molecule has 0 fully saturated rings. The second-order valence-electron chi connectivity index (χ2n) is 6.85. The molecule has 0 radical (unpaired) electrons. The van der Waals surface area contributed by atoms with Gasteiger partial charge in [0.2, 0.25) is 0 Å². The SMILES string of the molecule is CCOC(=O)c1c(NC(=O)COc2ccc(C)c(C)c2)sc2c1CCS(=O)(=O)C2. The Labute approximate surface area is 173 Å². The first-order chi connectivity index (χ1) is 13.7. The van der Waals surface area contributed by atoms with Crippen molar-refractivity contribution in [3.63, 3.8) is 0 Å². The highest BCUT2D eigenvalue weighted by atomic mass is 32.2. The molecule has 0 atom stereocenters. The van der Waals surface area contributed by atoms with E-state index in [1.165, 1.54) is 0 Å². The lowest BCUT2D eigenvalue weighted by atomic mass is 10.1. The van der Waals surface area contributed by atoms with Crippen LogP contribution in [0.3, 0.4) is 0 Å². The summed E-state index contributed by atoms with van der Waals surface area (Å²) in [6.07, 6.45) is 0.233. The maximum Gasteiger partial charge on any atom is 0.341 e. The van der Waals surface area contributed by atoms with Crippen LogP contribution >= 0.6 is 11.3 Å². The summed E-state index contributed by atoms with van der Waals surface area (Å²) in [5.41, 5.74) is 3.08. The van der Waals surface area contributed by atoms with Gasteiger partial charge in [-0.2, -0.15) is 0 Å². The van der Waals surface area contributed by atoms with Gasteiger partial charge in [-0.3, -0.25) is 4.79 Å². The second-order valence-corrected chi connectivity index (χ2v) is 10.1. The summed E-state index contributed by atoms with van der Waals surface area (Å²) in [6.45, 7) is 5.59. The number of nitrogens with one attached hydrogen (secondary N) is 1. The third-order valence-corrected chi connectivity index (χ3v) is 7.57. The molecular formula is C20H23NO6S2. The first-order valence-corrected chi connectivity index (χ1v) is 11.9. The predicted octanol–water partition coefficient (Wildman–Crippen LogP) is 3.03. The van der Waals surface area contributed by atoms with Crippen LogP contribution in [0.15, 0.2) is 18.2 Å². The van der Waals surface area contributed by atoms with Gasteiger partial charge in [0, 0.05) is 4.88 Å². The van der Waals surface area contributed by atoms with Gasteiger partial charge in [-0.15, -0.1) is 11.3 Å². The fourth-order valence-corrected chi connectivity index (χ4v) is 6.10. The molecule has 29 heavy (non-hydrogen) atoms. The molecule has 1 aromatic heterocycles. The summed E-state index contributed by atoms with van der Waals surface area (Å²) in [7, 11) is -3.20. The van der Waals surface area contributed by atoms with Gasteiger partial charge in [-0.05, 0) is 56.0 Å². The highest BCUT2D eigenvalue weighted by Gasteiger charge is 2.32. The van der Waals surface area contributed by atoms with Gasteiger partial charge < -0.3 is 14.8 Å². The number of carbonyl (C=O) groups is 2. The Morgan fingerprint density at radius 1 is 1.21 bits per heavy atom. The molecule has 1 N–H and O–H groups in total. The molecule has 1 aromatic carbocycles. The van der Waals surface area contributed by atoms with Gasteiger partial charge >= 0.3 is 5.97 Å². The first-order valence-electron chi connectivity index (χ1n) is 9.22. The van der Waals surface area contributed by atoms with Crippen LogP contribution in [0.1, 0.15) is 38.8 Å². The number of fused-ring (bicyclic) bond motifs is 1. The zero-order valence-corrected chi connectivity index (χ0v) is 18.2. The minimum absolute atomic E-state index is 0.0214. The standard InChI is InChI=1S/C20H23NO6S2/c1-4-26-20(23)18-15-7-8-29(24,25)11-16(15)28-19(18)21-17(22)10-27-14-6-5-12(2)13(3)9-14/h5-6,9H,4,7-8,10-11H2,1-3H3,(H,21,22). The van der Waals surface area contributed by atoms with E-state index in [4.69, 9.17) is 9.47 Å². The summed E-state index contributed by atoms with van der Waals surface area (Å²) < 4.78 is 34.5. The number of rotatable bonds is 6. The Bertz CT molecular complexity index is 1060. The van der Waals surface area contributed by atoms with Crippen LogP contribution in [0.4, 0.5) is 5.00 Å². The van der Waals surface area contributed by atoms with E-state index in [0.29, 0.717) is 21.2 Å². The smallest absolute Gasteiger partial charge is 0.341 e. The van der Waals surface area contributed by atoms with E-state index < -0.39 is 21.7 Å². The van der Waals surface area contributed by atoms with Crippen LogP contribution in [-0.4, -0.2) is 39.3 Å². The van der Waals surface area contributed by atoms with Gasteiger partial charge in [0.25, 0.3) is 5.91 Å². The largest absolute Gasteiger partial charge is 0.484 e. The quantitative estimate of drug-likeness (QED) is 0.698. The summed E-state index contributed by atoms with van der Waals surface area (Å²) in [6, 6.07) is 5.55. The number of amides is 1. The van der Waals surface area contributed by atoms with Crippen molar-refractivity contribution >= 4 is 38.1 Å². The van der Waals surface area contributed by atoms with Crippen LogP contribution in [0.25, 0.3) is 0 Å². The topological polar surface area (TPSA) is 98.8 Å². The fraction of sp³-hybridized carbons (Fsp3) is 0.400. The van der Waals surface area contributed by atoms with Crippen LogP contribution in [-0.2, 0) is 31.5 Å². The number of carbonyl (C=O) groups excluding carboxylic acids is 2. The molecule has 0 saturated carbocycles. The van der Waals surface area contributed by atoms with E-state index in [1.54, 1.807) is 13.0 Å². The van der Waals surface area contributed by atoms with Gasteiger partial charge in [0.05, 0.1) is 23.7 Å². The maximum atomic E-state index is 12.4. The Balaban J connectivity index is 1.78. The number of esters is 1. The highest BCUT2D eigenvalue weighted by Crippen LogP contribution is 2.38. The third-order valence-electron chi connectivity index (χ3n) is 4.69.